The molecule has 0 aromatic heterocycles. The molecule has 10 heteroatoms. The lowest BCUT2D eigenvalue weighted by Crippen LogP contribution is -2.44. The monoisotopic (exact) mass is 389 g/mol. The zero-order chi connectivity index (χ0) is 15.9. The summed E-state index contributed by atoms with van der Waals surface area (Å²) in [5, 5.41) is 0. The number of hydrogen-bond donors (Lipinski definition) is 0. The van der Waals surface area contributed by atoms with Crippen LogP contribution >= 0.6 is 72.2 Å². The molecule has 0 aliphatic heterocycles. The van der Waals surface area contributed by atoms with E-state index in [0.29, 0.717) is 9.98 Å². The molecule has 0 heterocycles. The summed E-state index contributed by atoms with van der Waals surface area (Å²) in [5.41, 5.74) is 0. The molecule has 0 saturated heterocycles. The van der Waals surface area contributed by atoms with Crippen LogP contribution in [0.25, 0.3) is 0 Å². The quantitative estimate of drug-likeness (QED) is 0.481. The highest BCUT2D eigenvalue weighted by Crippen LogP contribution is 2.28. The van der Waals surface area contributed by atoms with Crippen LogP contribution in [-0.4, -0.2) is 67.3 Å². The van der Waals surface area contributed by atoms with E-state index in [1.165, 1.54) is 52.7 Å². The van der Waals surface area contributed by atoms with Crippen LogP contribution in [0.15, 0.2) is 0 Å². The minimum Gasteiger partial charge on any atom is -0.348 e. The molecule has 0 fully saturated rings. The van der Waals surface area contributed by atoms with Gasteiger partial charge in [-0.05, 0) is 47.8 Å². The van der Waals surface area contributed by atoms with Gasteiger partial charge >= 0.3 is 0 Å². The van der Waals surface area contributed by atoms with Crippen LogP contribution in [0.3, 0.4) is 0 Å². The van der Waals surface area contributed by atoms with Gasteiger partial charge in [0.05, 0.1) is 0 Å². The second kappa shape index (κ2) is 10.4. The fourth-order valence-electron chi connectivity index (χ4n) is 1.29. The normalized spacial score (nSPS) is 10.3. The van der Waals surface area contributed by atoms with Crippen molar-refractivity contribution in [1.82, 2.24) is 12.3 Å². The molecule has 20 heavy (non-hydrogen) atoms. The summed E-state index contributed by atoms with van der Waals surface area (Å²) < 4.78 is 3.68. The van der Waals surface area contributed by atoms with Gasteiger partial charge in [-0.15, -0.1) is 0 Å². The number of carbonyl (C=O) groups excluding carboxylic acids is 1. The summed E-state index contributed by atoms with van der Waals surface area (Å²) >= 11 is 16.9. The number of thiocarbonyl (C=S) groups is 2. The molecule has 0 unspecified atom stereocenters. The maximum absolute atomic E-state index is 12.5. The van der Waals surface area contributed by atoms with E-state index in [0.717, 1.165) is 0 Å². The second-order valence-corrected chi connectivity index (χ2v) is 7.81. The van der Waals surface area contributed by atoms with E-state index in [4.69, 9.17) is 24.4 Å². The van der Waals surface area contributed by atoms with E-state index in [-0.39, 0.29) is 5.91 Å². The average Bonchev–Trinajstić information content (AvgIpc) is 2.41. The van der Waals surface area contributed by atoms with E-state index in [1.54, 1.807) is 14.1 Å². The molecule has 4 nitrogen and oxygen atoms in total. The Balaban J connectivity index is 5.44. The van der Waals surface area contributed by atoms with E-state index in [9.17, 15) is 4.79 Å². The smallest absolute Gasteiger partial charge is 0.239 e. The summed E-state index contributed by atoms with van der Waals surface area (Å²) in [6.45, 7) is 0. The fourth-order valence-corrected chi connectivity index (χ4v) is 5.02. The van der Waals surface area contributed by atoms with Crippen LogP contribution in [0, 0.1) is 5.92 Å². The molecule has 0 aromatic rings. The van der Waals surface area contributed by atoms with Gasteiger partial charge < -0.3 is 4.90 Å². The summed E-state index contributed by atoms with van der Waals surface area (Å²) in [7, 11) is 3.43. The Morgan fingerprint density at radius 2 is 1.15 bits per heavy atom. The summed E-state index contributed by atoms with van der Waals surface area (Å²) in [6.07, 6.45) is 7.68. The molecule has 0 rings (SSSR count). The van der Waals surface area contributed by atoms with Gasteiger partial charge in [-0.3, -0.25) is 12.2 Å². The molecule has 0 aliphatic rings. The van der Waals surface area contributed by atoms with Crippen LogP contribution in [0.4, 0.5) is 0 Å². The summed E-state index contributed by atoms with van der Waals surface area (Å²) in [5.74, 6) is -0.698. The first kappa shape index (κ1) is 20.6. The predicted molar refractivity (Wildman–Crippen MR) is 105 cm³/mol. The van der Waals surface area contributed by atoms with Crippen molar-refractivity contribution in [3.63, 3.8) is 0 Å². The Kier molecular flexibility index (Phi) is 10.7. The maximum atomic E-state index is 12.5. The van der Waals surface area contributed by atoms with Crippen molar-refractivity contribution < 1.29 is 4.79 Å². The minimum absolute atomic E-state index is 0.0961. The SMILES string of the molecule is CSN(SC)C(=S)C(C(=O)N(C)C)C(=S)N(SC)SC. The number of amides is 1. The largest absolute Gasteiger partial charge is 0.348 e. The number of hydrogen-bond acceptors (Lipinski definition) is 7. The third-order valence-corrected chi connectivity index (χ3v) is 7.41. The molecule has 1 amide bonds. The van der Waals surface area contributed by atoms with Crippen molar-refractivity contribution in [2.24, 2.45) is 5.92 Å². The first-order valence-electron chi connectivity index (χ1n) is 5.41. The lowest BCUT2D eigenvalue weighted by molar-refractivity contribution is -0.129. The van der Waals surface area contributed by atoms with Crippen LogP contribution in [0.2, 0.25) is 0 Å². The third kappa shape index (κ3) is 5.45. The Morgan fingerprint density at radius 3 is 1.35 bits per heavy atom. The highest BCUT2D eigenvalue weighted by molar-refractivity contribution is 8.13. The second-order valence-electron chi connectivity index (χ2n) is 3.59. The molecule has 0 atom stereocenters. The van der Waals surface area contributed by atoms with Crippen molar-refractivity contribution in [2.75, 3.05) is 39.1 Å². The van der Waals surface area contributed by atoms with Gasteiger partial charge in [0, 0.05) is 39.1 Å². The van der Waals surface area contributed by atoms with Crippen molar-refractivity contribution >= 4 is 88.1 Å². The average molecular weight is 390 g/mol. The molecule has 116 valence electrons. The van der Waals surface area contributed by atoms with Crippen LogP contribution in [0.5, 0.6) is 0 Å². The molecule has 0 bridgehead atoms. The number of rotatable bonds is 7. The molecule has 0 radical (unpaired) electrons. The molecular weight excluding hydrogens is 371 g/mol. The fraction of sp³-hybridized carbons (Fsp3) is 0.700. The summed E-state index contributed by atoms with van der Waals surface area (Å²) in [6, 6.07) is 0. The molecule has 0 spiro atoms. The maximum Gasteiger partial charge on any atom is 0.239 e. The van der Waals surface area contributed by atoms with E-state index in [2.05, 4.69) is 0 Å². The highest BCUT2D eigenvalue weighted by Gasteiger charge is 2.35. The Labute approximate surface area is 149 Å². The number of carbonyl (C=O) groups is 1. The van der Waals surface area contributed by atoms with E-state index >= 15 is 0 Å². The highest BCUT2D eigenvalue weighted by atomic mass is 32.2. The van der Waals surface area contributed by atoms with Crippen LogP contribution in [-0.2, 0) is 4.79 Å². The molecule has 0 aliphatic carbocycles. The van der Waals surface area contributed by atoms with Gasteiger partial charge in [0.2, 0.25) is 5.91 Å². The number of nitrogens with zero attached hydrogens (tertiary/aromatic N) is 3. The lowest BCUT2D eigenvalue weighted by atomic mass is 10.1. The molecule has 0 aromatic carbocycles. The van der Waals surface area contributed by atoms with Gasteiger partial charge in [-0.2, -0.15) is 0 Å². The van der Waals surface area contributed by atoms with Gasteiger partial charge in [0.15, 0.2) is 0 Å². The molecule has 0 N–H and O–H groups in total. The third-order valence-electron chi connectivity index (χ3n) is 2.20. The standard InChI is InChI=1S/C10H19N3OS6/c1-11(2)8(14)7(9(15)12(17-3)18-4)10(16)13(19-5)20-6/h7H,1-6H3. The Hall–Kier alpha value is 0.650. The van der Waals surface area contributed by atoms with E-state index < -0.39 is 5.92 Å². The van der Waals surface area contributed by atoms with Crippen molar-refractivity contribution in [3.05, 3.63) is 0 Å². The van der Waals surface area contributed by atoms with Crippen molar-refractivity contribution in [1.29, 1.82) is 0 Å². The summed E-state index contributed by atoms with van der Waals surface area (Å²) in [4.78, 5) is 15.0. The minimum atomic E-state index is -0.602. The zero-order valence-corrected chi connectivity index (χ0v) is 17.2. The molecule has 0 saturated carbocycles. The zero-order valence-electron chi connectivity index (χ0n) is 12.3. The van der Waals surface area contributed by atoms with Gasteiger partial charge in [0.1, 0.15) is 15.9 Å². The Morgan fingerprint density at radius 1 is 0.850 bits per heavy atom. The first-order valence-corrected chi connectivity index (χ1v) is 11.0. The van der Waals surface area contributed by atoms with Gasteiger partial charge in [-0.1, -0.05) is 24.4 Å². The predicted octanol–water partition coefficient (Wildman–Crippen LogP) is 3.06. The van der Waals surface area contributed by atoms with Gasteiger partial charge in [-0.25, -0.2) is 0 Å². The lowest BCUT2D eigenvalue weighted by Gasteiger charge is -2.30. The molecular formula is C10H19N3OS6. The Bertz CT molecular complexity index is 333. The first-order chi connectivity index (χ1) is 9.35. The van der Waals surface area contributed by atoms with E-state index in [1.807, 2.05) is 32.4 Å². The van der Waals surface area contributed by atoms with Crippen LogP contribution < -0.4 is 0 Å². The van der Waals surface area contributed by atoms with Crippen molar-refractivity contribution in [3.8, 4) is 0 Å². The topological polar surface area (TPSA) is 26.8 Å². The van der Waals surface area contributed by atoms with Crippen LogP contribution in [0.1, 0.15) is 0 Å². The van der Waals surface area contributed by atoms with Gasteiger partial charge in [0.25, 0.3) is 0 Å². The van der Waals surface area contributed by atoms with Crippen molar-refractivity contribution in [2.45, 2.75) is 0 Å².